The molecule has 0 saturated heterocycles. The minimum absolute atomic E-state index is 0.159. The molecular formula is C21H34O4. The van der Waals surface area contributed by atoms with Crippen LogP contribution < -0.4 is 0 Å². The highest BCUT2D eigenvalue weighted by atomic mass is 16.5. The molecule has 0 fully saturated rings. The number of carbonyl (C=O) groups excluding carboxylic acids is 1. The van der Waals surface area contributed by atoms with Crippen molar-refractivity contribution in [3.8, 4) is 0 Å². The molecular weight excluding hydrogens is 316 g/mol. The van der Waals surface area contributed by atoms with Crippen LogP contribution in [0.25, 0.3) is 0 Å². The first kappa shape index (κ1) is 23.4. The Bertz CT molecular complexity index is 422. The normalized spacial score (nSPS) is 13.6. The summed E-state index contributed by atoms with van der Waals surface area (Å²) in [7, 11) is 1.41. The van der Waals surface area contributed by atoms with E-state index in [0.717, 1.165) is 44.9 Å². The lowest BCUT2D eigenvalue weighted by Gasteiger charge is -1.99. The van der Waals surface area contributed by atoms with Crippen molar-refractivity contribution >= 4 is 5.97 Å². The SMILES string of the molecule is COC(=O)CCC/C=C\C/C=C\C=C\[C@@H](O)C/C=C\CCCCCO. The van der Waals surface area contributed by atoms with E-state index in [-0.39, 0.29) is 12.6 Å². The van der Waals surface area contributed by atoms with Gasteiger partial charge in [-0.15, -0.1) is 0 Å². The molecule has 1 atom stereocenters. The van der Waals surface area contributed by atoms with Crippen LogP contribution in [0.2, 0.25) is 0 Å². The first-order valence-electron chi connectivity index (χ1n) is 9.19. The van der Waals surface area contributed by atoms with Gasteiger partial charge in [0.15, 0.2) is 0 Å². The van der Waals surface area contributed by atoms with E-state index in [9.17, 15) is 9.90 Å². The summed E-state index contributed by atoms with van der Waals surface area (Å²) in [4.78, 5) is 10.9. The van der Waals surface area contributed by atoms with E-state index in [1.807, 2.05) is 24.3 Å². The molecule has 0 radical (unpaired) electrons. The molecule has 0 saturated carbocycles. The van der Waals surface area contributed by atoms with Gasteiger partial charge < -0.3 is 14.9 Å². The second kappa shape index (κ2) is 18.7. The number of allylic oxidation sites excluding steroid dienone is 6. The summed E-state index contributed by atoms with van der Waals surface area (Å²) < 4.78 is 4.58. The Morgan fingerprint density at radius 3 is 2.48 bits per heavy atom. The maximum absolute atomic E-state index is 10.9. The van der Waals surface area contributed by atoms with E-state index in [4.69, 9.17) is 5.11 Å². The fourth-order valence-corrected chi connectivity index (χ4v) is 2.09. The van der Waals surface area contributed by atoms with Gasteiger partial charge in [-0.2, -0.15) is 0 Å². The summed E-state index contributed by atoms with van der Waals surface area (Å²) in [6.45, 7) is 0.270. The number of aliphatic hydroxyl groups excluding tert-OH is 2. The standard InChI is InChI=1S/C21H34O4/c1-25-21(24)18-14-10-5-3-2-4-8-12-16-20(23)17-13-9-6-7-11-15-19-22/h3-5,8-9,12-13,16,20,22-23H,2,6-7,10-11,14-15,17-19H2,1H3/b5-3-,8-4-,13-9-,16-12+/t20-/m1/s1. The molecule has 0 amide bonds. The van der Waals surface area contributed by atoms with Crippen LogP contribution in [0.5, 0.6) is 0 Å². The number of unbranched alkanes of at least 4 members (excludes halogenated alkanes) is 4. The summed E-state index contributed by atoms with van der Waals surface area (Å²) in [5.74, 6) is -0.159. The maximum atomic E-state index is 10.9. The third-order valence-electron chi connectivity index (χ3n) is 3.57. The molecule has 0 spiro atoms. The van der Waals surface area contributed by atoms with Gasteiger partial charge in [0.2, 0.25) is 0 Å². The van der Waals surface area contributed by atoms with Crippen molar-refractivity contribution in [1.82, 2.24) is 0 Å². The van der Waals surface area contributed by atoms with Gasteiger partial charge in [0.1, 0.15) is 0 Å². The molecule has 0 bridgehead atoms. The highest BCUT2D eigenvalue weighted by Crippen LogP contribution is 2.03. The van der Waals surface area contributed by atoms with E-state index in [0.29, 0.717) is 12.8 Å². The second-order valence-electron chi connectivity index (χ2n) is 5.84. The smallest absolute Gasteiger partial charge is 0.305 e. The molecule has 0 rings (SSSR count). The Kier molecular flexibility index (Phi) is 17.5. The van der Waals surface area contributed by atoms with Crippen molar-refractivity contribution in [2.75, 3.05) is 13.7 Å². The molecule has 0 aromatic carbocycles. The van der Waals surface area contributed by atoms with Crippen LogP contribution in [0.3, 0.4) is 0 Å². The molecule has 0 aliphatic heterocycles. The Balaban J connectivity index is 3.62. The van der Waals surface area contributed by atoms with Crippen LogP contribution in [-0.4, -0.2) is 36.0 Å². The molecule has 2 N–H and O–H groups in total. The van der Waals surface area contributed by atoms with Crippen molar-refractivity contribution in [3.05, 3.63) is 48.6 Å². The molecule has 0 aliphatic rings. The van der Waals surface area contributed by atoms with Gasteiger partial charge in [-0.1, -0.05) is 55.0 Å². The zero-order valence-corrected chi connectivity index (χ0v) is 15.5. The van der Waals surface area contributed by atoms with Crippen LogP contribution in [0.15, 0.2) is 48.6 Å². The second-order valence-corrected chi connectivity index (χ2v) is 5.84. The van der Waals surface area contributed by atoms with Gasteiger partial charge in [-0.3, -0.25) is 4.79 Å². The maximum Gasteiger partial charge on any atom is 0.305 e. The number of aliphatic hydroxyl groups is 2. The van der Waals surface area contributed by atoms with E-state index in [1.54, 1.807) is 6.08 Å². The van der Waals surface area contributed by atoms with E-state index < -0.39 is 6.10 Å². The summed E-state index contributed by atoms with van der Waals surface area (Å²) in [5, 5.41) is 18.5. The van der Waals surface area contributed by atoms with Gasteiger partial charge in [-0.05, 0) is 44.9 Å². The largest absolute Gasteiger partial charge is 0.469 e. The Morgan fingerprint density at radius 2 is 1.72 bits per heavy atom. The van der Waals surface area contributed by atoms with Crippen LogP contribution in [0.1, 0.15) is 57.8 Å². The topological polar surface area (TPSA) is 66.8 Å². The molecule has 0 unspecified atom stereocenters. The van der Waals surface area contributed by atoms with Gasteiger partial charge in [-0.25, -0.2) is 0 Å². The summed E-state index contributed by atoms with van der Waals surface area (Å²) in [6, 6.07) is 0. The molecule has 25 heavy (non-hydrogen) atoms. The minimum Gasteiger partial charge on any atom is -0.469 e. The number of hydrogen-bond donors (Lipinski definition) is 2. The van der Waals surface area contributed by atoms with Crippen molar-refractivity contribution in [2.45, 2.75) is 63.9 Å². The first-order chi connectivity index (χ1) is 12.2. The zero-order valence-electron chi connectivity index (χ0n) is 15.5. The van der Waals surface area contributed by atoms with Crippen molar-refractivity contribution in [3.63, 3.8) is 0 Å². The first-order valence-corrected chi connectivity index (χ1v) is 9.19. The number of carbonyl (C=O) groups is 1. The third-order valence-corrected chi connectivity index (χ3v) is 3.57. The van der Waals surface area contributed by atoms with Gasteiger partial charge in [0.05, 0.1) is 13.2 Å². The Hall–Kier alpha value is -1.65. The van der Waals surface area contributed by atoms with E-state index in [1.165, 1.54) is 7.11 Å². The fourth-order valence-electron chi connectivity index (χ4n) is 2.09. The highest BCUT2D eigenvalue weighted by Gasteiger charge is 1.96. The van der Waals surface area contributed by atoms with E-state index >= 15 is 0 Å². The van der Waals surface area contributed by atoms with Gasteiger partial charge >= 0.3 is 5.97 Å². The fraction of sp³-hybridized carbons (Fsp3) is 0.571. The molecule has 0 heterocycles. The zero-order chi connectivity index (χ0) is 18.6. The quantitative estimate of drug-likeness (QED) is 0.201. The lowest BCUT2D eigenvalue weighted by Crippen LogP contribution is -1.98. The highest BCUT2D eigenvalue weighted by molar-refractivity contribution is 5.69. The Labute approximate surface area is 152 Å². The van der Waals surface area contributed by atoms with Crippen molar-refractivity contribution in [2.24, 2.45) is 0 Å². The monoisotopic (exact) mass is 350 g/mol. The number of rotatable bonds is 15. The molecule has 4 nitrogen and oxygen atoms in total. The summed E-state index contributed by atoms with van der Waals surface area (Å²) in [6.07, 6.45) is 23.0. The van der Waals surface area contributed by atoms with E-state index in [2.05, 4.69) is 23.0 Å². The van der Waals surface area contributed by atoms with Crippen molar-refractivity contribution in [1.29, 1.82) is 0 Å². The van der Waals surface area contributed by atoms with Crippen LogP contribution in [0, 0.1) is 0 Å². The number of esters is 1. The van der Waals surface area contributed by atoms with Gasteiger partial charge in [0, 0.05) is 13.0 Å². The predicted octanol–water partition coefficient (Wildman–Crippen LogP) is 4.25. The molecule has 4 heteroatoms. The number of methoxy groups -OCH3 is 1. The minimum atomic E-state index is -0.452. The average molecular weight is 350 g/mol. The molecule has 0 aromatic heterocycles. The number of ether oxygens (including phenoxy) is 1. The van der Waals surface area contributed by atoms with Gasteiger partial charge in [0.25, 0.3) is 0 Å². The van der Waals surface area contributed by atoms with Crippen molar-refractivity contribution < 1.29 is 19.7 Å². The van der Waals surface area contributed by atoms with Crippen LogP contribution in [0.4, 0.5) is 0 Å². The van der Waals surface area contributed by atoms with Crippen LogP contribution >= 0.6 is 0 Å². The molecule has 142 valence electrons. The summed E-state index contributed by atoms with van der Waals surface area (Å²) in [5.41, 5.74) is 0. The summed E-state index contributed by atoms with van der Waals surface area (Å²) >= 11 is 0. The third kappa shape index (κ3) is 18.5. The Morgan fingerprint density at radius 1 is 0.960 bits per heavy atom. The predicted molar refractivity (Wildman–Crippen MR) is 103 cm³/mol. The van der Waals surface area contributed by atoms with Crippen LogP contribution in [-0.2, 0) is 9.53 Å². The number of hydrogen-bond acceptors (Lipinski definition) is 4. The lowest BCUT2D eigenvalue weighted by atomic mass is 10.1. The molecule has 0 aromatic rings. The molecule has 0 aliphatic carbocycles. The average Bonchev–Trinajstić information content (AvgIpc) is 2.62. The lowest BCUT2D eigenvalue weighted by molar-refractivity contribution is -0.140.